The molecule has 4 N–H and O–H groups in total. The van der Waals surface area contributed by atoms with Crippen LogP contribution in [0, 0.1) is 17.1 Å². The summed E-state index contributed by atoms with van der Waals surface area (Å²) >= 11 is 7.69. The minimum atomic E-state index is -0.878. The molecule has 0 spiro atoms. The van der Waals surface area contributed by atoms with Crippen molar-refractivity contribution in [2.45, 2.75) is 52.7 Å². The number of carbonyl (C=O) groups is 1. The molecule has 0 aliphatic carbocycles. The molecule has 4 aromatic rings. The first-order valence-corrected chi connectivity index (χ1v) is 17.2. The monoisotopic (exact) mass is 736 g/mol. The van der Waals surface area contributed by atoms with E-state index in [2.05, 4.69) is 33.8 Å². The third kappa shape index (κ3) is 7.90. The second-order valence-electron chi connectivity index (χ2n) is 11.8. The summed E-state index contributed by atoms with van der Waals surface area (Å²) in [6.07, 6.45) is 5.08. The number of nitrogens with one attached hydrogen (secondary N) is 2. The number of carbonyl (C=O) groups excluding carboxylic acids is 1. The molecule has 0 saturated carbocycles. The Hall–Kier alpha value is -5.26. The fourth-order valence-corrected chi connectivity index (χ4v) is 6.73. The second-order valence-corrected chi connectivity index (χ2v) is 13.2. The van der Waals surface area contributed by atoms with Crippen LogP contribution in [0.4, 0.5) is 36.2 Å². The quantitative estimate of drug-likeness (QED) is 0.157. The molecule has 1 aliphatic rings. The van der Waals surface area contributed by atoms with E-state index in [0.29, 0.717) is 30.2 Å². The van der Waals surface area contributed by atoms with E-state index >= 15 is 8.78 Å². The zero-order valence-electron chi connectivity index (χ0n) is 29.2. The molecule has 0 radical (unpaired) electrons. The lowest BCUT2D eigenvalue weighted by Gasteiger charge is -2.32. The topological polar surface area (TPSA) is 151 Å². The van der Waals surface area contributed by atoms with E-state index in [4.69, 9.17) is 31.8 Å². The average molecular weight is 737 g/mol. The number of nitrogen functional groups attached to an aromatic ring is 1. The van der Waals surface area contributed by atoms with Crippen molar-refractivity contribution < 1.29 is 23.0 Å². The third-order valence-electron chi connectivity index (χ3n) is 7.42. The Balaban J connectivity index is 0.00000286. The molecule has 0 fully saturated rings. The first-order valence-electron chi connectivity index (χ1n) is 16.0. The van der Waals surface area contributed by atoms with Gasteiger partial charge in [-0.05, 0) is 45.4 Å². The number of thiophene rings is 1. The van der Waals surface area contributed by atoms with Crippen LogP contribution in [0.1, 0.15) is 63.8 Å². The third-order valence-corrected chi connectivity index (χ3v) is 8.93. The highest BCUT2D eigenvalue weighted by molar-refractivity contribution is 7.14. The number of hydrogen-bond donors (Lipinski definition) is 3. The number of aromatic nitrogens is 3. The number of benzene rings is 1. The van der Waals surface area contributed by atoms with Crippen LogP contribution in [0.5, 0.6) is 5.75 Å². The van der Waals surface area contributed by atoms with Crippen molar-refractivity contribution >= 4 is 74.4 Å². The van der Waals surface area contributed by atoms with Gasteiger partial charge in [0.1, 0.15) is 46.3 Å². The maximum absolute atomic E-state index is 16.9. The highest BCUT2D eigenvalue weighted by atomic mass is 35.5. The molecule has 1 atom stereocenters. The van der Waals surface area contributed by atoms with Gasteiger partial charge in [-0.25, -0.2) is 23.5 Å². The van der Waals surface area contributed by atoms with E-state index in [1.807, 2.05) is 30.9 Å². The Morgan fingerprint density at radius 2 is 2.06 bits per heavy atom. The predicted molar refractivity (Wildman–Crippen MR) is 201 cm³/mol. The molecule has 1 aliphatic heterocycles. The Morgan fingerprint density at radius 3 is 2.67 bits per heavy atom. The maximum Gasteiger partial charge on any atom is 0.412 e. The van der Waals surface area contributed by atoms with Gasteiger partial charge >= 0.3 is 6.09 Å². The minimum Gasteiger partial charge on any atom is -0.489 e. The molecule has 15 heteroatoms. The van der Waals surface area contributed by atoms with Gasteiger partial charge in [-0.15, -0.1) is 17.9 Å². The molecule has 1 amide bonds. The van der Waals surface area contributed by atoms with Crippen molar-refractivity contribution in [1.29, 1.82) is 5.26 Å². The number of pyridine rings is 1. The molecule has 5 rings (SSSR count). The van der Waals surface area contributed by atoms with Gasteiger partial charge in [-0.3, -0.25) is 5.32 Å². The molecule has 0 saturated heterocycles. The second kappa shape index (κ2) is 16.2. The van der Waals surface area contributed by atoms with Gasteiger partial charge < -0.3 is 25.4 Å². The zero-order valence-corrected chi connectivity index (χ0v) is 30.7. The largest absolute Gasteiger partial charge is 0.489 e. The number of rotatable bonds is 8. The van der Waals surface area contributed by atoms with Crippen molar-refractivity contribution in [2.75, 3.05) is 41.5 Å². The zero-order chi connectivity index (χ0) is 37.6. The number of ether oxygens (including phenoxy) is 2. The van der Waals surface area contributed by atoms with Crippen LogP contribution in [0.15, 0.2) is 43.6 Å². The lowest BCUT2D eigenvalue weighted by atomic mass is 10.0. The summed E-state index contributed by atoms with van der Waals surface area (Å²) in [4.78, 5) is 27.9. The fraction of sp³-hybridized carbons (Fsp3) is 0.306. The first-order chi connectivity index (χ1) is 24.3. The lowest BCUT2D eigenvalue weighted by molar-refractivity contribution is 0.0636. The van der Waals surface area contributed by atoms with Crippen LogP contribution < -0.4 is 35.8 Å². The van der Waals surface area contributed by atoms with Crippen LogP contribution in [0.3, 0.4) is 0 Å². The van der Waals surface area contributed by atoms with Crippen LogP contribution in [-0.4, -0.2) is 46.8 Å². The summed E-state index contributed by atoms with van der Waals surface area (Å²) < 4.78 is 43.5. The van der Waals surface area contributed by atoms with E-state index in [9.17, 15) is 10.1 Å². The Kier molecular flexibility index (Phi) is 12.2. The summed E-state index contributed by atoms with van der Waals surface area (Å²) in [7, 11) is 1.59. The van der Waals surface area contributed by atoms with Crippen molar-refractivity contribution in [3.05, 3.63) is 80.9 Å². The van der Waals surface area contributed by atoms with Crippen LogP contribution >= 0.6 is 22.9 Å². The molecule has 51 heavy (non-hydrogen) atoms. The minimum absolute atomic E-state index is 0.0117. The predicted octanol–water partition coefficient (Wildman–Crippen LogP) is 7.36. The van der Waals surface area contributed by atoms with Crippen LogP contribution in [-0.2, 0) is 4.74 Å². The van der Waals surface area contributed by atoms with Crippen molar-refractivity contribution in [2.24, 2.45) is 0 Å². The molecule has 11 nitrogen and oxygen atoms in total. The molecular weight excluding hydrogens is 698 g/mol. The first kappa shape index (κ1) is 38.5. The number of allylic oxidation sites excluding steroid dienone is 1. The molecular formula is C36H39ClF2N8O3S. The van der Waals surface area contributed by atoms with E-state index < -0.39 is 29.4 Å². The molecule has 268 valence electrons. The van der Waals surface area contributed by atoms with Crippen LogP contribution in [0.2, 0.25) is 5.02 Å². The number of amides is 1. The summed E-state index contributed by atoms with van der Waals surface area (Å²) in [5.41, 5.74) is 5.66. The molecule has 1 aromatic carbocycles. The maximum atomic E-state index is 16.9. The number of nitriles is 1. The van der Waals surface area contributed by atoms with Gasteiger partial charge in [0, 0.05) is 29.6 Å². The fourth-order valence-electron chi connectivity index (χ4n) is 5.39. The smallest absolute Gasteiger partial charge is 0.412 e. The molecule has 3 aromatic heterocycles. The highest BCUT2D eigenvalue weighted by Gasteiger charge is 2.33. The number of halogens is 3. The van der Waals surface area contributed by atoms with E-state index in [0.717, 1.165) is 17.4 Å². The van der Waals surface area contributed by atoms with Gasteiger partial charge in [-0.2, -0.15) is 10.2 Å². The van der Waals surface area contributed by atoms with Crippen molar-refractivity contribution in [3.8, 4) is 11.8 Å². The summed E-state index contributed by atoms with van der Waals surface area (Å²) in [6, 6.07) is 5.20. The molecule has 4 heterocycles. The van der Waals surface area contributed by atoms with E-state index in [1.54, 1.807) is 46.2 Å². The average Bonchev–Trinajstić information content (AvgIpc) is 3.32. The number of nitrogens with zero attached hydrogens (tertiary/aromatic N) is 5. The SMILES string of the molecule is C=CCC(c1cccnc1N)N1CCOc2c(Cl)c(/C=c3\c(C#N)c(NC(=O)OC(C)(C)C)s\c3=C(/F)C=C)c(F)c3nc(NC)nc1c23.CC. The van der Waals surface area contributed by atoms with Crippen LogP contribution in [0.25, 0.3) is 22.8 Å². The summed E-state index contributed by atoms with van der Waals surface area (Å²) in [6.45, 7) is 16.8. The number of hydrogen-bond acceptors (Lipinski definition) is 11. The normalized spacial score (nSPS) is 13.9. The lowest BCUT2D eigenvalue weighted by Crippen LogP contribution is -2.33. The van der Waals surface area contributed by atoms with Gasteiger partial charge in [0.05, 0.1) is 33.1 Å². The van der Waals surface area contributed by atoms with Gasteiger partial charge in [0.2, 0.25) is 5.95 Å². The van der Waals surface area contributed by atoms with E-state index in [-0.39, 0.29) is 60.1 Å². The number of anilines is 4. The van der Waals surface area contributed by atoms with Crippen molar-refractivity contribution in [1.82, 2.24) is 15.0 Å². The van der Waals surface area contributed by atoms with Crippen molar-refractivity contribution in [3.63, 3.8) is 0 Å². The molecule has 0 bridgehead atoms. The van der Waals surface area contributed by atoms with Gasteiger partial charge in [0.15, 0.2) is 11.6 Å². The summed E-state index contributed by atoms with van der Waals surface area (Å²) in [5.74, 6) is -0.843. The standard InChI is InChI=1S/C34H33ClF2N8O3S.C2H6/c1-7-10-22(17-11-9-12-41-29(17)39)45-13-14-47-27-23-26(42-32(40-6)43-30(23)45)25(37)19(24(27)35)15-18-20(16-38)31(49-28(18)21(36)8-2)44-33(46)48-34(3,4)5;1-2/h7-9,11-12,15,22H,1-2,10,13-14H2,3-6H3,(H2,39,41)(H,44,46)(H,40,42,43);1-2H3/b18-15+,28-21-;. The van der Waals surface area contributed by atoms with E-state index in [1.165, 1.54) is 6.08 Å². The Bertz CT molecular complexity index is 2160. The highest BCUT2D eigenvalue weighted by Crippen LogP contribution is 2.46. The summed E-state index contributed by atoms with van der Waals surface area (Å²) in [5, 5.41) is 15.6. The molecule has 1 unspecified atom stereocenters. The van der Waals surface area contributed by atoms with Gasteiger partial charge in [0.25, 0.3) is 0 Å². The Labute approximate surface area is 303 Å². The number of nitrogens with two attached hydrogens (primary N) is 1. The van der Waals surface area contributed by atoms with Gasteiger partial charge in [-0.1, -0.05) is 44.2 Å². The Morgan fingerprint density at radius 1 is 1.33 bits per heavy atom.